The molecule has 0 bridgehead atoms. The number of imidazole rings is 1. The molecular formula is C22H27ClN2O2. The average molecular weight is 387 g/mol. The number of aromatic nitrogens is 2. The predicted molar refractivity (Wildman–Crippen MR) is 111 cm³/mol. The van der Waals surface area contributed by atoms with Crippen LogP contribution in [0.2, 0.25) is 0 Å². The summed E-state index contributed by atoms with van der Waals surface area (Å²) in [5.74, 6) is 2.44. The molecule has 0 spiro atoms. The number of halogens is 1. The third-order valence-corrected chi connectivity index (χ3v) is 5.47. The van der Waals surface area contributed by atoms with Gasteiger partial charge in [-0.15, -0.1) is 12.4 Å². The molecule has 1 saturated carbocycles. The number of rotatable bonds is 6. The van der Waals surface area contributed by atoms with Crippen LogP contribution >= 0.6 is 12.4 Å². The van der Waals surface area contributed by atoms with Crippen LogP contribution in [0.1, 0.15) is 42.1 Å². The minimum Gasteiger partial charge on any atom is -0.491 e. The number of nitrogens with zero attached hydrogens (tertiary/aromatic N) is 2. The summed E-state index contributed by atoms with van der Waals surface area (Å²) in [6.45, 7) is 4.94. The molecule has 1 N–H and O–H groups in total. The lowest BCUT2D eigenvalue weighted by molar-refractivity contribution is 0.0919. The number of aryl methyl sites for hydroxylation is 2. The highest BCUT2D eigenvalue weighted by Crippen LogP contribution is 2.37. The number of benzene rings is 2. The van der Waals surface area contributed by atoms with Crippen molar-refractivity contribution >= 4 is 23.4 Å². The van der Waals surface area contributed by atoms with Gasteiger partial charge in [0.25, 0.3) is 0 Å². The quantitative estimate of drug-likeness (QED) is 0.663. The van der Waals surface area contributed by atoms with Crippen LogP contribution in [0, 0.1) is 13.8 Å². The van der Waals surface area contributed by atoms with Gasteiger partial charge in [-0.25, -0.2) is 4.98 Å². The van der Waals surface area contributed by atoms with E-state index in [-0.39, 0.29) is 19.0 Å². The van der Waals surface area contributed by atoms with Crippen LogP contribution in [-0.2, 0) is 6.54 Å². The maximum atomic E-state index is 10.6. The Hall–Kier alpha value is -2.04. The van der Waals surface area contributed by atoms with Gasteiger partial charge in [0.2, 0.25) is 0 Å². The third kappa shape index (κ3) is 4.12. The molecule has 144 valence electrons. The van der Waals surface area contributed by atoms with E-state index in [1.54, 1.807) is 0 Å². The first-order chi connectivity index (χ1) is 12.6. The molecule has 3 aromatic rings. The van der Waals surface area contributed by atoms with E-state index < -0.39 is 6.10 Å². The summed E-state index contributed by atoms with van der Waals surface area (Å²) < 4.78 is 8.01. The Morgan fingerprint density at radius 1 is 1.15 bits per heavy atom. The highest BCUT2D eigenvalue weighted by molar-refractivity contribution is 5.85. The highest BCUT2D eigenvalue weighted by atomic mass is 35.5. The van der Waals surface area contributed by atoms with Crippen LogP contribution in [0.25, 0.3) is 11.0 Å². The van der Waals surface area contributed by atoms with Crippen molar-refractivity contribution in [1.82, 2.24) is 9.55 Å². The van der Waals surface area contributed by atoms with Gasteiger partial charge in [-0.1, -0.05) is 24.6 Å². The molecule has 1 unspecified atom stereocenters. The van der Waals surface area contributed by atoms with Crippen LogP contribution in [0.4, 0.5) is 0 Å². The maximum Gasteiger partial charge on any atom is 0.119 e. The molecule has 1 aromatic heterocycles. The second kappa shape index (κ2) is 8.32. The molecule has 0 amide bonds. The second-order valence-corrected chi connectivity index (χ2v) is 7.41. The van der Waals surface area contributed by atoms with E-state index >= 15 is 0 Å². The Labute approximate surface area is 166 Å². The Kier molecular flexibility index (Phi) is 6.08. The standard InChI is InChI=1S/C22H26N2O2.ClH/c1-15-10-11-19(12-16(15)2)26-14-18(25)13-24-21-9-4-3-8-20(21)23-22(24)17-6-5-7-17;/h3-4,8-12,17-18,25H,5-7,13-14H2,1-2H3;1H. The summed E-state index contributed by atoms with van der Waals surface area (Å²) in [5.41, 5.74) is 4.55. The van der Waals surface area contributed by atoms with Crippen molar-refractivity contribution in [3.8, 4) is 5.75 Å². The molecule has 4 rings (SSSR count). The Morgan fingerprint density at radius 3 is 2.63 bits per heavy atom. The number of ether oxygens (including phenoxy) is 1. The first-order valence-corrected chi connectivity index (χ1v) is 9.45. The molecule has 2 aromatic carbocycles. The minimum atomic E-state index is -0.576. The molecule has 5 heteroatoms. The Bertz CT molecular complexity index is 918. The molecule has 0 aliphatic heterocycles. The van der Waals surface area contributed by atoms with E-state index in [0.29, 0.717) is 12.5 Å². The van der Waals surface area contributed by atoms with Crippen molar-refractivity contribution in [2.45, 2.75) is 51.7 Å². The van der Waals surface area contributed by atoms with Gasteiger partial charge in [0.05, 0.1) is 17.6 Å². The third-order valence-electron chi connectivity index (χ3n) is 5.47. The summed E-state index contributed by atoms with van der Waals surface area (Å²) in [6, 6.07) is 14.2. The fraction of sp³-hybridized carbons (Fsp3) is 0.409. The van der Waals surface area contributed by atoms with E-state index in [1.807, 2.05) is 30.3 Å². The molecule has 1 atom stereocenters. The highest BCUT2D eigenvalue weighted by Gasteiger charge is 2.26. The maximum absolute atomic E-state index is 10.6. The van der Waals surface area contributed by atoms with Crippen molar-refractivity contribution in [3.63, 3.8) is 0 Å². The van der Waals surface area contributed by atoms with Gasteiger partial charge in [-0.3, -0.25) is 0 Å². The van der Waals surface area contributed by atoms with Gasteiger partial charge in [0.15, 0.2) is 0 Å². The summed E-state index contributed by atoms with van der Waals surface area (Å²) in [6.07, 6.45) is 3.08. The summed E-state index contributed by atoms with van der Waals surface area (Å²) in [4.78, 5) is 4.84. The summed E-state index contributed by atoms with van der Waals surface area (Å²) in [7, 11) is 0. The van der Waals surface area contributed by atoms with Gasteiger partial charge < -0.3 is 14.4 Å². The molecule has 0 saturated heterocycles. The van der Waals surface area contributed by atoms with Crippen LogP contribution in [-0.4, -0.2) is 27.4 Å². The number of aliphatic hydroxyl groups excluding tert-OH is 1. The zero-order valence-electron chi connectivity index (χ0n) is 15.9. The van der Waals surface area contributed by atoms with Gasteiger partial charge in [-0.05, 0) is 62.1 Å². The van der Waals surface area contributed by atoms with Gasteiger partial charge in [0, 0.05) is 5.92 Å². The molecule has 4 nitrogen and oxygen atoms in total. The number of fused-ring (bicyclic) bond motifs is 1. The molecule has 1 aliphatic carbocycles. The number of aliphatic hydroxyl groups is 1. The van der Waals surface area contributed by atoms with Crippen LogP contribution in [0.5, 0.6) is 5.75 Å². The van der Waals surface area contributed by atoms with Crippen LogP contribution in [0.3, 0.4) is 0 Å². The van der Waals surface area contributed by atoms with Gasteiger partial charge >= 0.3 is 0 Å². The van der Waals surface area contributed by atoms with Crippen LogP contribution in [0.15, 0.2) is 42.5 Å². The minimum absolute atomic E-state index is 0. The first kappa shape index (κ1) is 19.7. The van der Waals surface area contributed by atoms with Gasteiger partial charge in [-0.2, -0.15) is 0 Å². The monoisotopic (exact) mass is 386 g/mol. The lowest BCUT2D eigenvalue weighted by atomic mass is 9.85. The zero-order valence-corrected chi connectivity index (χ0v) is 16.7. The first-order valence-electron chi connectivity index (χ1n) is 9.45. The fourth-order valence-electron chi connectivity index (χ4n) is 3.52. The van der Waals surface area contributed by atoms with Crippen molar-refractivity contribution in [2.75, 3.05) is 6.61 Å². The van der Waals surface area contributed by atoms with E-state index in [4.69, 9.17) is 9.72 Å². The van der Waals surface area contributed by atoms with E-state index in [9.17, 15) is 5.11 Å². The predicted octanol–water partition coefficient (Wildman–Crippen LogP) is 4.78. The van der Waals surface area contributed by atoms with Crippen molar-refractivity contribution in [2.24, 2.45) is 0 Å². The SMILES string of the molecule is Cc1ccc(OCC(O)Cn2c(C3CCC3)nc3ccccc32)cc1C.Cl. The molecule has 1 aliphatic rings. The number of para-hydroxylation sites is 2. The Morgan fingerprint density at radius 2 is 1.93 bits per heavy atom. The molecule has 1 heterocycles. The number of hydrogen-bond acceptors (Lipinski definition) is 3. The second-order valence-electron chi connectivity index (χ2n) is 7.41. The summed E-state index contributed by atoms with van der Waals surface area (Å²) in [5, 5.41) is 10.6. The molecular weight excluding hydrogens is 360 g/mol. The lowest BCUT2D eigenvalue weighted by Crippen LogP contribution is -2.26. The van der Waals surface area contributed by atoms with Crippen molar-refractivity contribution < 1.29 is 9.84 Å². The van der Waals surface area contributed by atoms with E-state index in [1.165, 1.54) is 30.4 Å². The largest absolute Gasteiger partial charge is 0.491 e. The van der Waals surface area contributed by atoms with E-state index in [0.717, 1.165) is 22.6 Å². The van der Waals surface area contributed by atoms with E-state index in [2.05, 4.69) is 30.5 Å². The smallest absolute Gasteiger partial charge is 0.119 e. The van der Waals surface area contributed by atoms with Crippen molar-refractivity contribution in [1.29, 1.82) is 0 Å². The topological polar surface area (TPSA) is 47.3 Å². The van der Waals surface area contributed by atoms with Gasteiger partial charge in [0.1, 0.15) is 24.3 Å². The normalized spacial score (nSPS) is 15.2. The van der Waals surface area contributed by atoms with Crippen LogP contribution < -0.4 is 4.74 Å². The zero-order chi connectivity index (χ0) is 18.1. The molecule has 1 fully saturated rings. The average Bonchev–Trinajstić information content (AvgIpc) is 2.93. The Balaban J connectivity index is 0.00000210. The molecule has 27 heavy (non-hydrogen) atoms. The fourth-order valence-corrected chi connectivity index (χ4v) is 3.52. The van der Waals surface area contributed by atoms with Crippen molar-refractivity contribution in [3.05, 3.63) is 59.4 Å². The number of hydrogen-bond donors (Lipinski definition) is 1. The lowest BCUT2D eigenvalue weighted by Gasteiger charge is -2.26. The summed E-state index contributed by atoms with van der Waals surface area (Å²) >= 11 is 0. The molecule has 0 radical (unpaired) electrons.